The van der Waals surface area contributed by atoms with E-state index >= 15 is 0 Å². The van der Waals surface area contributed by atoms with Crippen molar-refractivity contribution in [1.29, 1.82) is 0 Å². The van der Waals surface area contributed by atoms with Gasteiger partial charge in [0, 0.05) is 11.3 Å². The van der Waals surface area contributed by atoms with Crippen molar-refractivity contribution in [2.24, 2.45) is 0 Å². The van der Waals surface area contributed by atoms with Crippen LogP contribution in [0.15, 0.2) is 60.7 Å². The van der Waals surface area contributed by atoms with Crippen LogP contribution in [0.5, 0.6) is 5.75 Å². The van der Waals surface area contributed by atoms with E-state index in [1.54, 1.807) is 24.3 Å². The topological polar surface area (TPSA) is 76.7 Å². The van der Waals surface area contributed by atoms with E-state index in [2.05, 4.69) is 10.4 Å². The lowest BCUT2D eigenvalue weighted by Gasteiger charge is -2.41. The average Bonchev–Trinajstić information content (AvgIpc) is 2.72. The molecular weight excluding hydrogens is 470 g/mol. The molecule has 4 rings (SSSR count). The van der Waals surface area contributed by atoms with Gasteiger partial charge in [-0.25, -0.2) is 13.6 Å². The minimum atomic E-state index is -4.04. The molecule has 2 amide bonds. The Labute approximate surface area is 187 Å². The molecule has 0 radical (unpaired) electrons. The Morgan fingerprint density at radius 3 is 2.42 bits per heavy atom. The molecule has 0 fully saturated rings. The fourth-order valence-corrected chi connectivity index (χ4v) is 5.14. The Morgan fingerprint density at radius 2 is 1.71 bits per heavy atom. The number of hydrogen-bond donors (Lipinski definition) is 2. The number of fused-ring (bicyclic) bond motifs is 1. The second-order valence-corrected chi connectivity index (χ2v) is 9.31. The summed E-state index contributed by atoms with van der Waals surface area (Å²) in [5, 5.41) is 4.41. The van der Waals surface area contributed by atoms with Gasteiger partial charge in [-0.3, -0.25) is 0 Å². The van der Waals surface area contributed by atoms with Gasteiger partial charge in [0.1, 0.15) is 11.6 Å². The Hall–Kier alpha value is -2.64. The molecule has 0 saturated carbocycles. The number of benzene rings is 3. The van der Waals surface area contributed by atoms with Gasteiger partial charge in [0.15, 0.2) is 5.75 Å². The number of hydrogen-bond acceptors (Lipinski definition) is 4. The highest BCUT2D eigenvalue weighted by Gasteiger charge is 2.45. The lowest BCUT2D eigenvalue weighted by Crippen LogP contribution is -2.48. The molecule has 6 nitrogen and oxygen atoms in total. The van der Waals surface area contributed by atoms with Crippen LogP contribution >= 0.6 is 31.2 Å². The molecule has 1 unspecified atom stereocenters. The van der Waals surface area contributed by atoms with Gasteiger partial charge in [0.25, 0.3) is 0 Å². The predicted molar refractivity (Wildman–Crippen MR) is 115 cm³/mol. The summed E-state index contributed by atoms with van der Waals surface area (Å²) < 4.78 is 34.0. The van der Waals surface area contributed by atoms with Crippen LogP contribution in [-0.2, 0) is 6.54 Å². The van der Waals surface area contributed by atoms with E-state index in [4.69, 9.17) is 27.7 Å². The largest absolute Gasteiger partial charge is 0.610 e. The van der Waals surface area contributed by atoms with Gasteiger partial charge in [-0.05, 0) is 42.5 Å². The highest BCUT2D eigenvalue weighted by molar-refractivity contribution is 7.65. The summed E-state index contributed by atoms with van der Waals surface area (Å²) in [5.41, 5.74) is 1.18. The zero-order valence-electron chi connectivity index (χ0n) is 15.6. The van der Waals surface area contributed by atoms with E-state index in [-0.39, 0.29) is 28.0 Å². The lowest BCUT2D eigenvalue weighted by atomic mass is 10.2. The molecule has 3 aromatic carbocycles. The number of anilines is 2. The van der Waals surface area contributed by atoms with E-state index in [9.17, 15) is 18.5 Å². The summed E-state index contributed by atoms with van der Waals surface area (Å²) in [6.45, 7) is 0.109. The van der Waals surface area contributed by atoms with Gasteiger partial charge in [-0.1, -0.05) is 41.4 Å². The Kier molecular flexibility index (Phi) is 5.90. The first kappa shape index (κ1) is 21.6. The number of nitrogens with zero attached hydrogens (tertiary/aromatic N) is 1. The lowest BCUT2D eigenvalue weighted by molar-refractivity contribution is -0.189. The molecule has 0 bridgehead atoms. The average molecular weight is 484 g/mol. The van der Waals surface area contributed by atoms with Crippen LogP contribution in [-0.4, -0.2) is 6.03 Å². The second kappa shape index (κ2) is 8.48. The van der Waals surface area contributed by atoms with E-state index in [0.29, 0.717) is 11.3 Å². The molecule has 3 aromatic rings. The number of carbonyl (C=O) groups is 1. The van der Waals surface area contributed by atoms with Crippen molar-refractivity contribution in [2.45, 2.75) is 6.54 Å². The number of carbonyl (C=O) groups excluding carboxylic acids is 1. The number of amides is 2. The van der Waals surface area contributed by atoms with Crippen molar-refractivity contribution >= 4 is 48.6 Å². The van der Waals surface area contributed by atoms with Crippen LogP contribution in [0.1, 0.15) is 5.56 Å². The maximum atomic E-state index is 13.8. The second-order valence-electron chi connectivity index (χ2n) is 6.57. The minimum absolute atomic E-state index is 0.109. The van der Waals surface area contributed by atoms with Gasteiger partial charge >= 0.3 is 14.0 Å². The number of para-hydroxylation sites is 1. The third-order valence-corrected chi connectivity index (χ3v) is 6.97. The summed E-state index contributed by atoms with van der Waals surface area (Å²) in [6.07, 6.45) is 0. The Morgan fingerprint density at radius 1 is 1.03 bits per heavy atom. The molecule has 1 aliphatic heterocycles. The van der Waals surface area contributed by atoms with E-state index in [0.717, 1.165) is 12.1 Å². The van der Waals surface area contributed by atoms with Crippen LogP contribution < -0.4 is 24.5 Å². The van der Waals surface area contributed by atoms with E-state index < -0.39 is 25.7 Å². The third-order valence-electron chi connectivity index (χ3n) is 4.45. The molecule has 0 aliphatic carbocycles. The quantitative estimate of drug-likeness (QED) is 0.480. The third kappa shape index (κ3) is 4.52. The maximum absolute atomic E-state index is 13.8. The number of nitrogens with one attached hydrogen (secondary N) is 2. The smallest absolute Gasteiger partial charge is 0.355 e. The highest BCUT2D eigenvalue weighted by atomic mass is 35.5. The van der Waals surface area contributed by atoms with Crippen molar-refractivity contribution in [3.8, 4) is 5.75 Å². The molecule has 2 N–H and O–H groups in total. The van der Waals surface area contributed by atoms with Gasteiger partial charge in [0.05, 0.1) is 22.3 Å². The molecule has 0 spiro atoms. The molecule has 11 heteroatoms. The van der Waals surface area contributed by atoms with Gasteiger partial charge in [0.2, 0.25) is 0 Å². The maximum Gasteiger partial charge on any atom is 0.355 e. The van der Waals surface area contributed by atoms with Gasteiger partial charge in [-0.15, -0.1) is 0 Å². The standard InChI is InChI=1S/C20H14Cl2F2N3O3P/c21-15-9-13(5-7-17(15)23)25-20(28)26-31(29)27(14-6-8-18(24)16(22)10-14)11-12-3-1-2-4-19(12)30-31/h1-10H,11H2,(H2,25,26,28,29). The first-order valence-corrected chi connectivity index (χ1v) is 11.2. The van der Waals surface area contributed by atoms with Crippen molar-refractivity contribution in [3.05, 3.63) is 87.9 Å². The normalized spacial score (nSPS) is 17.5. The SMILES string of the molecule is O=C(Nc1ccc(F)c(Cl)c1)N[P+]1([O-])Oc2ccccc2CN1c1ccc(F)c(Cl)c1. The van der Waals surface area contributed by atoms with Crippen molar-refractivity contribution in [3.63, 3.8) is 0 Å². The number of urea groups is 1. The fraction of sp³-hybridized carbons (Fsp3) is 0.0500. The summed E-state index contributed by atoms with van der Waals surface area (Å²) >= 11 is 11.6. The zero-order chi connectivity index (χ0) is 22.2. The minimum Gasteiger partial charge on any atom is -0.610 e. The Balaban J connectivity index is 1.64. The van der Waals surface area contributed by atoms with Crippen LogP contribution in [0.2, 0.25) is 10.0 Å². The summed E-state index contributed by atoms with van der Waals surface area (Å²) in [6, 6.07) is 13.4. The van der Waals surface area contributed by atoms with Crippen LogP contribution in [0.25, 0.3) is 0 Å². The first-order chi connectivity index (χ1) is 14.7. The highest BCUT2D eigenvalue weighted by Crippen LogP contribution is 2.57. The van der Waals surface area contributed by atoms with Gasteiger partial charge < -0.3 is 14.7 Å². The molecule has 1 heterocycles. The van der Waals surface area contributed by atoms with Gasteiger partial charge in [-0.2, -0.15) is 9.76 Å². The van der Waals surface area contributed by atoms with Crippen molar-refractivity contribution in [1.82, 2.24) is 5.09 Å². The molecule has 1 aliphatic rings. The molecule has 1 atom stereocenters. The molecular formula is C20H14Cl2F2N3O3P. The zero-order valence-corrected chi connectivity index (χ0v) is 18.0. The molecule has 0 aromatic heterocycles. The molecule has 31 heavy (non-hydrogen) atoms. The van der Waals surface area contributed by atoms with Crippen LogP contribution in [0.4, 0.5) is 25.0 Å². The van der Waals surface area contributed by atoms with Crippen LogP contribution in [0, 0.1) is 11.6 Å². The summed E-state index contributed by atoms with van der Waals surface area (Å²) in [4.78, 5) is 26.3. The molecule has 0 saturated heterocycles. The first-order valence-electron chi connectivity index (χ1n) is 8.90. The molecule has 160 valence electrons. The van der Waals surface area contributed by atoms with E-state index in [1.165, 1.54) is 28.9 Å². The summed E-state index contributed by atoms with van der Waals surface area (Å²) in [5.74, 6) is -0.954. The fourth-order valence-electron chi connectivity index (χ4n) is 2.99. The van der Waals surface area contributed by atoms with Crippen LogP contribution in [0.3, 0.4) is 0 Å². The number of halogens is 4. The van der Waals surface area contributed by atoms with Crippen molar-refractivity contribution < 1.29 is 23.0 Å². The summed E-state index contributed by atoms with van der Waals surface area (Å²) in [7, 11) is -4.04. The van der Waals surface area contributed by atoms with Crippen molar-refractivity contribution in [2.75, 3.05) is 9.99 Å². The Bertz CT molecular complexity index is 1170. The van der Waals surface area contributed by atoms with E-state index in [1.807, 2.05) is 0 Å². The number of rotatable bonds is 3. The predicted octanol–water partition coefficient (Wildman–Crippen LogP) is 5.53. The monoisotopic (exact) mass is 483 g/mol.